The SMILES string of the molecule is CC(C)(C)OC(=O)N1CCc2nc(NC(=O)c3ccn(-c4cccc(Cl)c4)n3)sc2C1. The number of carbonyl (C=O) groups is 2. The molecule has 4 rings (SSSR count). The van der Waals surface area contributed by atoms with Crippen LogP contribution in [-0.2, 0) is 17.7 Å². The van der Waals surface area contributed by atoms with Crippen molar-refractivity contribution < 1.29 is 14.3 Å². The van der Waals surface area contributed by atoms with E-state index in [-0.39, 0.29) is 17.7 Å². The minimum absolute atomic E-state index is 0.267. The van der Waals surface area contributed by atoms with Crippen LogP contribution in [0.25, 0.3) is 5.69 Å². The number of halogens is 1. The molecule has 3 aromatic rings. The van der Waals surface area contributed by atoms with Gasteiger partial charge in [0.25, 0.3) is 5.91 Å². The first kappa shape index (κ1) is 21.3. The zero-order valence-corrected chi connectivity index (χ0v) is 19.0. The predicted molar refractivity (Wildman–Crippen MR) is 119 cm³/mol. The molecule has 0 unspecified atom stereocenters. The summed E-state index contributed by atoms with van der Waals surface area (Å²) in [5, 5.41) is 8.20. The first-order valence-electron chi connectivity index (χ1n) is 9.77. The molecule has 1 aliphatic heterocycles. The molecule has 3 heterocycles. The lowest BCUT2D eigenvalue weighted by atomic mass is 10.2. The normalized spacial score (nSPS) is 13.6. The van der Waals surface area contributed by atoms with E-state index in [9.17, 15) is 9.59 Å². The van der Waals surface area contributed by atoms with Gasteiger partial charge in [-0.3, -0.25) is 10.1 Å². The third-order valence-corrected chi connectivity index (χ3v) is 5.73. The number of benzene rings is 1. The van der Waals surface area contributed by atoms with Crippen LogP contribution in [0.5, 0.6) is 0 Å². The number of carbonyl (C=O) groups excluding carboxylic acids is 2. The molecule has 0 saturated heterocycles. The van der Waals surface area contributed by atoms with Gasteiger partial charge in [-0.2, -0.15) is 5.10 Å². The Balaban J connectivity index is 1.42. The van der Waals surface area contributed by atoms with Crippen molar-refractivity contribution in [1.82, 2.24) is 19.7 Å². The lowest BCUT2D eigenvalue weighted by Crippen LogP contribution is -2.39. The van der Waals surface area contributed by atoms with E-state index in [2.05, 4.69) is 15.4 Å². The number of nitrogens with one attached hydrogen (secondary N) is 1. The number of aromatic nitrogens is 3. The van der Waals surface area contributed by atoms with Gasteiger partial charge in [0.15, 0.2) is 10.8 Å². The minimum atomic E-state index is -0.543. The van der Waals surface area contributed by atoms with Gasteiger partial charge in [-0.1, -0.05) is 29.0 Å². The smallest absolute Gasteiger partial charge is 0.410 e. The van der Waals surface area contributed by atoms with E-state index in [4.69, 9.17) is 16.3 Å². The number of hydrogen-bond acceptors (Lipinski definition) is 6. The summed E-state index contributed by atoms with van der Waals surface area (Å²) in [5.74, 6) is -0.351. The van der Waals surface area contributed by atoms with E-state index < -0.39 is 5.60 Å². The summed E-state index contributed by atoms with van der Waals surface area (Å²) in [6, 6.07) is 8.84. The fourth-order valence-corrected chi connectivity index (χ4v) is 4.30. The summed E-state index contributed by atoms with van der Waals surface area (Å²) < 4.78 is 7.04. The number of anilines is 1. The Bertz CT molecular complexity index is 1130. The Morgan fingerprint density at radius 3 is 2.81 bits per heavy atom. The maximum absolute atomic E-state index is 12.6. The van der Waals surface area contributed by atoms with Gasteiger partial charge >= 0.3 is 6.09 Å². The summed E-state index contributed by atoms with van der Waals surface area (Å²) in [6.45, 7) is 6.47. The molecular weight excluding hydrogens is 438 g/mol. The van der Waals surface area contributed by atoms with Gasteiger partial charge in [0.05, 0.1) is 17.9 Å². The molecule has 162 valence electrons. The highest BCUT2D eigenvalue weighted by Crippen LogP contribution is 2.29. The number of nitrogens with zero attached hydrogens (tertiary/aromatic N) is 4. The lowest BCUT2D eigenvalue weighted by Gasteiger charge is -2.29. The molecule has 1 N–H and O–H groups in total. The standard InChI is InChI=1S/C21H22ClN5O3S/c1-21(2,3)30-20(29)26-9-7-15-17(12-26)31-19(23-15)24-18(28)16-8-10-27(25-16)14-6-4-5-13(22)11-14/h4-6,8,10-11H,7,9,12H2,1-3H3,(H,23,24,28). The van der Waals surface area contributed by atoms with Crippen molar-refractivity contribution >= 4 is 40.1 Å². The Morgan fingerprint density at radius 2 is 2.06 bits per heavy atom. The molecule has 1 aromatic carbocycles. The van der Waals surface area contributed by atoms with E-state index >= 15 is 0 Å². The average molecular weight is 460 g/mol. The number of fused-ring (bicyclic) bond motifs is 1. The van der Waals surface area contributed by atoms with Crippen LogP contribution in [0.2, 0.25) is 5.02 Å². The monoisotopic (exact) mass is 459 g/mol. The Labute approximate surface area is 188 Å². The fraction of sp³-hybridized carbons (Fsp3) is 0.333. The molecule has 10 heteroatoms. The molecular formula is C21H22ClN5O3S. The number of ether oxygens (including phenoxy) is 1. The molecule has 31 heavy (non-hydrogen) atoms. The quantitative estimate of drug-likeness (QED) is 0.621. The topological polar surface area (TPSA) is 89.4 Å². The Morgan fingerprint density at radius 1 is 1.26 bits per heavy atom. The first-order chi connectivity index (χ1) is 14.7. The van der Waals surface area contributed by atoms with Gasteiger partial charge < -0.3 is 9.64 Å². The highest BCUT2D eigenvalue weighted by atomic mass is 35.5. The molecule has 8 nitrogen and oxygen atoms in total. The number of hydrogen-bond donors (Lipinski definition) is 1. The van der Waals surface area contributed by atoms with Crippen molar-refractivity contribution in [3.05, 3.63) is 57.8 Å². The molecule has 0 aliphatic carbocycles. The zero-order chi connectivity index (χ0) is 22.2. The fourth-order valence-electron chi connectivity index (χ4n) is 3.10. The van der Waals surface area contributed by atoms with Crippen molar-refractivity contribution in [2.45, 2.75) is 39.3 Å². The summed E-state index contributed by atoms with van der Waals surface area (Å²) in [5.41, 5.74) is 1.38. The molecule has 0 atom stereocenters. The average Bonchev–Trinajstić information content (AvgIpc) is 3.33. The zero-order valence-electron chi connectivity index (χ0n) is 17.4. The molecule has 2 amide bonds. The third kappa shape index (κ3) is 5.05. The van der Waals surface area contributed by atoms with E-state index in [1.165, 1.54) is 11.3 Å². The molecule has 0 bridgehead atoms. The second-order valence-corrected chi connectivity index (χ2v) is 9.64. The van der Waals surface area contributed by atoms with Gasteiger partial charge in [-0.25, -0.2) is 14.5 Å². The summed E-state index contributed by atoms with van der Waals surface area (Å²) in [6.07, 6.45) is 1.97. The molecule has 1 aliphatic rings. The van der Waals surface area contributed by atoms with Crippen LogP contribution in [0, 0.1) is 0 Å². The summed E-state index contributed by atoms with van der Waals surface area (Å²) in [4.78, 5) is 32.1. The maximum Gasteiger partial charge on any atom is 0.410 e. The van der Waals surface area contributed by atoms with Crippen LogP contribution in [0.4, 0.5) is 9.93 Å². The van der Waals surface area contributed by atoms with Crippen LogP contribution >= 0.6 is 22.9 Å². The molecule has 0 saturated carbocycles. The van der Waals surface area contributed by atoms with Gasteiger partial charge in [-0.05, 0) is 45.0 Å². The first-order valence-corrected chi connectivity index (χ1v) is 11.0. The van der Waals surface area contributed by atoms with Gasteiger partial charge in [0.2, 0.25) is 0 Å². The molecule has 0 radical (unpaired) electrons. The second-order valence-electron chi connectivity index (χ2n) is 8.12. The van der Waals surface area contributed by atoms with Crippen LogP contribution in [0.1, 0.15) is 41.8 Å². The van der Waals surface area contributed by atoms with E-state index in [0.29, 0.717) is 29.7 Å². The molecule has 2 aromatic heterocycles. The largest absolute Gasteiger partial charge is 0.444 e. The van der Waals surface area contributed by atoms with Crippen LogP contribution in [0.15, 0.2) is 36.5 Å². The van der Waals surface area contributed by atoms with Crippen molar-refractivity contribution in [3.63, 3.8) is 0 Å². The summed E-state index contributed by atoms with van der Waals surface area (Å²) >= 11 is 7.38. The lowest BCUT2D eigenvalue weighted by molar-refractivity contribution is 0.0225. The Kier molecular flexibility index (Phi) is 5.72. The number of thiazole rings is 1. The van der Waals surface area contributed by atoms with Crippen LogP contribution < -0.4 is 5.32 Å². The van der Waals surface area contributed by atoms with Crippen molar-refractivity contribution in [2.24, 2.45) is 0 Å². The molecule has 0 fully saturated rings. The van der Waals surface area contributed by atoms with E-state index in [1.54, 1.807) is 34.0 Å². The maximum atomic E-state index is 12.6. The van der Waals surface area contributed by atoms with Gasteiger partial charge in [-0.15, -0.1) is 0 Å². The van der Waals surface area contributed by atoms with Crippen molar-refractivity contribution in [3.8, 4) is 5.69 Å². The second kappa shape index (κ2) is 8.32. The van der Waals surface area contributed by atoms with Crippen LogP contribution in [0.3, 0.4) is 0 Å². The Hall–Kier alpha value is -2.91. The van der Waals surface area contributed by atoms with Crippen molar-refractivity contribution in [2.75, 3.05) is 11.9 Å². The number of rotatable bonds is 3. The molecule has 0 spiro atoms. The van der Waals surface area contributed by atoms with Gasteiger partial charge in [0, 0.05) is 29.1 Å². The van der Waals surface area contributed by atoms with Crippen LogP contribution in [-0.4, -0.2) is 43.8 Å². The number of amides is 2. The van der Waals surface area contributed by atoms with Gasteiger partial charge in [0.1, 0.15) is 5.60 Å². The van der Waals surface area contributed by atoms with E-state index in [0.717, 1.165) is 16.3 Å². The predicted octanol–water partition coefficient (Wildman–Crippen LogP) is 4.53. The highest BCUT2D eigenvalue weighted by molar-refractivity contribution is 7.15. The minimum Gasteiger partial charge on any atom is -0.444 e. The van der Waals surface area contributed by atoms with Crippen molar-refractivity contribution in [1.29, 1.82) is 0 Å². The highest BCUT2D eigenvalue weighted by Gasteiger charge is 2.28. The van der Waals surface area contributed by atoms with E-state index in [1.807, 2.05) is 32.9 Å². The third-order valence-electron chi connectivity index (χ3n) is 4.50. The summed E-state index contributed by atoms with van der Waals surface area (Å²) in [7, 11) is 0.